The third-order valence-electron chi connectivity index (χ3n) is 5.54. The molecular formula is C25H20FN3O3S. The number of carbonyl (C=O) groups excluding carboxylic acids is 1. The Labute approximate surface area is 190 Å². The number of hydrogen-bond acceptors (Lipinski definition) is 4. The lowest BCUT2D eigenvalue weighted by atomic mass is 10.0. The summed E-state index contributed by atoms with van der Waals surface area (Å²) in [5.41, 5.74) is 4.38. The zero-order chi connectivity index (χ0) is 23.0. The summed E-state index contributed by atoms with van der Waals surface area (Å²) >= 11 is 0. The average molecular weight is 462 g/mol. The number of aromatic nitrogens is 2. The maximum Gasteiger partial charge on any atom is 0.229 e. The minimum Gasteiger partial charge on any atom is -0.310 e. The van der Waals surface area contributed by atoms with Crippen molar-refractivity contribution in [2.24, 2.45) is 0 Å². The fourth-order valence-electron chi connectivity index (χ4n) is 3.95. The van der Waals surface area contributed by atoms with Crippen molar-refractivity contribution in [1.29, 1.82) is 0 Å². The number of nitrogens with zero attached hydrogens (tertiary/aromatic N) is 2. The number of anilines is 1. The highest BCUT2D eigenvalue weighted by Gasteiger charge is 2.33. The van der Waals surface area contributed by atoms with Crippen molar-refractivity contribution in [3.63, 3.8) is 0 Å². The zero-order valence-electron chi connectivity index (χ0n) is 17.5. The molecule has 0 bridgehead atoms. The van der Waals surface area contributed by atoms with E-state index in [9.17, 15) is 17.6 Å². The molecule has 1 aromatic heterocycles. The minimum atomic E-state index is -3.30. The maximum absolute atomic E-state index is 13.4. The number of halogens is 1. The molecule has 1 N–H and O–H groups in total. The SMILES string of the molecule is O=C(Cc1ccc(-c2ccccc2)cc1)Nc1c2c(nn1-c1ccc(F)cc1)CS(=O)(=O)C2. The normalized spacial score (nSPS) is 14.1. The highest BCUT2D eigenvalue weighted by atomic mass is 32.2. The van der Waals surface area contributed by atoms with Crippen molar-refractivity contribution in [3.8, 4) is 16.8 Å². The predicted octanol–water partition coefficient (Wildman–Crippen LogP) is 4.29. The van der Waals surface area contributed by atoms with Gasteiger partial charge in [-0.1, -0.05) is 54.6 Å². The summed E-state index contributed by atoms with van der Waals surface area (Å²) in [5.74, 6) is -0.752. The Morgan fingerprint density at radius 1 is 0.909 bits per heavy atom. The number of carbonyl (C=O) groups is 1. The van der Waals surface area contributed by atoms with Crippen LogP contribution in [0, 0.1) is 5.82 Å². The first kappa shape index (κ1) is 21.1. The lowest BCUT2D eigenvalue weighted by molar-refractivity contribution is -0.115. The Kier molecular flexibility index (Phi) is 5.30. The quantitative estimate of drug-likeness (QED) is 0.481. The summed E-state index contributed by atoms with van der Waals surface area (Å²) in [7, 11) is -3.30. The van der Waals surface area contributed by atoms with Crippen LogP contribution >= 0.6 is 0 Å². The van der Waals surface area contributed by atoms with Gasteiger partial charge in [-0.25, -0.2) is 17.5 Å². The predicted molar refractivity (Wildman–Crippen MR) is 124 cm³/mol. The van der Waals surface area contributed by atoms with Crippen molar-refractivity contribution >= 4 is 21.6 Å². The van der Waals surface area contributed by atoms with Gasteiger partial charge in [0.15, 0.2) is 9.84 Å². The molecule has 3 aromatic carbocycles. The van der Waals surface area contributed by atoms with Crippen LogP contribution in [0.5, 0.6) is 0 Å². The highest BCUT2D eigenvalue weighted by molar-refractivity contribution is 7.90. The second-order valence-electron chi connectivity index (χ2n) is 7.98. The lowest BCUT2D eigenvalue weighted by Gasteiger charge is -2.11. The molecule has 4 aromatic rings. The van der Waals surface area contributed by atoms with Crippen molar-refractivity contribution < 1.29 is 17.6 Å². The van der Waals surface area contributed by atoms with Crippen LogP contribution in [-0.4, -0.2) is 24.1 Å². The number of nitrogens with one attached hydrogen (secondary N) is 1. The second-order valence-corrected chi connectivity index (χ2v) is 10.0. The van der Waals surface area contributed by atoms with Crippen LogP contribution in [0.15, 0.2) is 78.9 Å². The molecular weight excluding hydrogens is 441 g/mol. The number of amides is 1. The van der Waals surface area contributed by atoms with Gasteiger partial charge < -0.3 is 5.32 Å². The van der Waals surface area contributed by atoms with Gasteiger partial charge in [-0.2, -0.15) is 5.10 Å². The topological polar surface area (TPSA) is 81.1 Å². The molecule has 0 unspecified atom stereocenters. The van der Waals surface area contributed by atoms with Gasteiger partial charge in [0, 0.05) is 5.56 Å². The van der Waals surface area contributed by atoms with Crippen LogP contribution < -0.4 is 5.32 Å². The molecule has 6 nitrogen and oxygen atoms in total. The number of fused-ring (bicyclic) bond motifs is 1. The molecule has 1 aliphatic heterocycles. The molecule has 0 atom stereocenters. The van der Waals surface area contributed by atoms with E-state index in [-0.39, 0.29) is 23.8 Å². The van der Waals surface area contributed by atoms with E-state index in [1.165, 1.54) is 28.9 Å². The van der Waals surface area contributed by atoms with Crippen molar-refractivity contribution in [2.75, 3.05) is 5.32 Å². The minimum absolute atomic E-state index is 0.116. The lowest BCUT2D eigenvalue weighted by Crippen LogP contribution is -2.18. The first-order valence-corrected chi connectivity index (χ1v) is 12.2. The number of rotatable bonds is 5. The zero-order valence-corrected chi connectivity index (χ0v) is 18.3. The van der Waals surface area contributed by atoms with E-state index in [0.29, 0.717) is 22.8 Å². The highest BCUT2D eigenvalue weighted by Crippen LogP contribution is 2.33. The third-order valence-corrected chi connectivity index (χ3v) is 6.98. The molecule has 1 amide bonds. The molecule has 0 saturated heterocycles. The standard InChI is InChI=1S/C25H20FN3O3S/c26-20-10-12-21(13-11-20)29-25(22-15-33(31,32)16-23(22)28-29)27-24(30)14-17-6-8-19(9-7-17)18-4-2-1-3-5-18/h1-13H,14-16H2,(H,27,30). The van der Waals surface area contributed by atoms with E-state index in [1.807, 2.05) is 54.6 Å². The smallest absolute Gasteiger partial charge is 0.229 e. The summed E-state index contributed by atoms with van der Waals surface area (Å²) in [6, 6.07) is 23.3. The number of sulfone groups is 1. The fourth-order valence-corrected chi connectivity index (χ4v) is 5.44. The average Bonchev–Trinajstić information content (AvgIpc) is 3.27. The molecule has 0 aliphatic carbocycles. The van der Waals surface area contributed by atoms with Gasteiger partial charge in [-0.15, -0.1) is 0 Å². The Hall–Kier alpha value is -3.78. The largest absolute Gasteiger partial charge is 0.310 e. The molecule has 2 heterocycles. The first-order valence-electron chi connectivity index (χ1n) is 10.4. The Balaban J connectivity index is 1.39. The van der Waals surface area contributed by atoms with E-state index < -0.39 is 15.7 Å². The van der Waals surface area contributed by atoms with Crippen molar-refractivity contribution in [3.05, 3.63) is 102 Å². The van der Waals surface area contributed by atoms with Crippen molar-refractivity contribution in [1.82, 2.24) is 9.78 Å². The summed E-state index contributed by atoms with van der Waals surface area (Å²) in [4.78, 5) is 12.9. The Bertz CT molecular complexity index is 1430. The monoisotopic (exact) mass is 461 g/mol. The molecule has 1 aliphatic rings. The van der Waals surface area contributed by atoms with E-state index in [2.05, 4.69) is 10.4 Å². The number of hydrogen-bond donors (Lipinski definition) is 1. The fraction of sp³-hybridized carbons (Fsp3) is 0.120. The van der Waals surface area contributed by atoms with Crippen molar-refractivity contribution in [2.45, 2.75) is 17.9 Å². The molecule has 5 rings (SSSR count). The summed E-state index contributed by atoms with van der Waals surface area (Å²) in [6.45, 7) is 0. The van der Waals surface area contributed by atoms with Crippen LogP contribution in [-0.2, 0) is 32.6 Å². The van der Waals surface area contributed by atoms with Gasteiger partial charge in [0.1, 0.15) is 11.6 Å². The molecule has 0 saturated carbocycles. The summed E-state index contributed by atoms with van der Waals surface area (Å²) < 4.78 is 39.1. The molecule has 8 heteroatoms. The van der Waals surface area contributed by atoms with E-state index in [0.717, 1.165) is 16.7 Å². The van der Waals surface area contributed by atoms with Gasteiger partial charge in [0.25, 0.3) is 0 Å². The van der Waals surface area contributed by atoms with E-state index in [4.69, 9.17) is 0 Å². The van der Waals surface area contributed by atoms with E-state index in [1.54, 1.807) is 0 Å². The van der Waals surface area contributed by atoms with Crippen LogP contribution in [0.3, 0.4) is 0 Å². The van der Waals surface area contributed by atoms with Crippen LogP contribution in [0.2, 0.25) is 0 Å². The van der Waals surface area contributed by atoms with Gasteiger partial charge in [-0.3, -0.25) is 4.79 Å². The van der Waals surface area contributed by atoms with E-state index >= 15 is 0 Å². The number of benzene rings is 3. The van der Waals surface area contributed by atoms with Crippen LogP contribution in [0.1, 0.15) is 16.8 Å². The van der Waals surface area contributed by atoms with Gasteiger partial charge in [0.05, 0.1) is 29.3 Å². The first-order chi connectivity index (χ1) is 15.9. The summed E-state index contributed by atoms with van der Waals surface area (Å²) in [6.07, 6.45) is 0.116. The molecule has 33 heavy (non-hydrogen) atoms. The molecule has 166 valence electrons. The molecule has 0 spiro atoms. The summed E-state index contributed by atoms with van der Waals surface area (Å²) in [5, 5.41) is 7.23. The third kappa shape index (κ3) is 4.42. The maximum atomic E-state index is 13.4. The Morgan fingerprint density at radius 3 is 2.27 bits per heavy atom. The van der Waals surface area contributed by atoms with Gasteiger partial charge >= 0.3 is 0 Å². The second kappa shape index (κ2) is 8.29. The van der Waals surface area contributed by atoms with Crippen LogP contribution in [0.25, 0.3) is 16.8 Å². The van der Waals surface area contributed by atoms with Gasteiger partial charge in [-0.05, 0) is 41.0 Å². The van der Waals surface area contributed by atoms with Gasteiger partial charge in [0.2, 0.25) is 5.91 Å². The molecule has 0 fully saturated rings. The van der Waals surface area contributed by atoms with Crippen LogP contribution in [0.4, 0.5) is 10.2 Å². The Morgan fingerprint density at radius 2 is 1.58 bits per heavy atom. The molecule has 0 radical (unpaired) electrons.